The third-order valence-electron chi connectivity index (χ3n) is 4.61. The molecule has 2 aromatic rings. The Labute approximate surface area is 146 Å². The summed E-state index contributed by atoms with van der Waals surface area (Å²) in [5.74, 6) is 0. The van der Waals surface area contributed by atoms with E-state index in [1.165, 1.54) is 12.1 Å². The predicted molar refractivity (Wildman–Crippen MR) is 96.4 cm³/mol. The first kappa shape index (κ1) is 18.6. The number of nitrogens with zero attached hydrogens (tertiary/aromatic N) is 2. The molecule has 0 saturated carbocycles. The minimum Gasteiger partial charge on any atom is -0.264 e. The molecule has 0 atom stereocenters. The summed E-state index contributed by atoms with van der Waals surface area (Å²) in [7, 11) is 0. The highest BCUT2D eigenvalue weighted by molar-refractivity contribution is 5.42. The lowest BCUT2D eigenvalue weighted by Crippen LogP contribution is -2.33. The average Bonchev–Trinajstić information content (AvgIpc) is 2.55. The second-order valence-corrected chi connectivity index (χ2v) is 7.37. The van der Waals surface area contributed by atoms with Gasteiger partial charge in [0.2, 0.25) is 5.54 Å². The lowest BCUT2D eigenvalue weighted by molar-refractivity contribution is -0.560. The molecular weight excluding hydrogens is 320 g/mol. The highest BCUT2D eigenvalue weighted by Gasteiger charge is 2.31. The van der Waals surface area contributed by atoms with Crippen molar-refractivity contribution in [1.82, 2.24) is 0 Å². The summed E-state index contributed by atoms with van der Waals surface area (Å²) in [5.41, 5.74) is 1.66. The van der Waals surface area contributed by atoms with E-state index in [0.29, 0.717) is 6.42 Å². The van der Waals surface area contributed by atoms with Crippen LogP contribution in [0.5, 0.6) is 0 Å². The van der Waals surface area contributed by atoms with Crippen LogP contribution in [0.25, 0.3) is 0 Å². The monoisotopic (exact) mass is 342 g/mol. The van der Waals surface area contributed by atoms with E-state index in [1.54, 1.807) is 26.0 Å². The van der Waals surface area contributed by atoms with Crippen LogP contribution >= 0.6 is 0 Å². The SMILES string of the molecule is CC(C)(c1ccc(CC(C)(C)[N+](=O)[O-])cc1)c1ccc([N+](=O)[O-])cc1. The lowest BCUT2D eigenvalue weighted by atomic mass is 9.77. The summed E-state index contributed by atoms with van der Waals surface area (Å²) in [6.07, 6.45) is 0.359. The smallest absolute Gasteiger partial charge is 0.264 e. The molecule has 0 N–H and O–H groups in total. The summed E-state index contributed by atoms with van der Waals surface area (Å²) in [4.78, 5) is 21.2. The van der Waals surface area contributed by atoms with Gasteiger partial charge in [0.25, 0.3) is 5.69 Å². The van der Waals surface area contributed by atoms with Gasteiger partial charge in [0.15, 0.2) is 0 Å². The standard InChI is InChI=1S/C19H22N2O4/c1-18(2,21(24)25)13-14-5-7-15(8-6-14)19(3,4)16-9-11-17(12-10-16)20(22)23/h5-12H,13H2,1-4H3. The Hall–Kier alpha value is -2.76. The minimum atomic E-state index is -1.00. The van der Waals surface area contributed by atoms with E-state index >= 15 is 0 Å². The van der Waals surface area contributed by atoms with Gasteiger partial charge in [-0.3, -0.25) is 20.2 Å². The molecule has 0 bridgehead atoms. The van der Waals surface area contributed by atoms with Crippen molar-refractivity contribution in [2.75, 3.05) is 0 Å². The molecule has 0 amide bonds. The maximum atomic E-state index is 11.1. The van der Waals surface area contributed by atoms with Crippen LogP contribution in [-0.4, -0.2) is 15.4 Å². The molecule has 0 saturated heterocycles. The number of nitro groups is 2. The molecule has 0 heterocycles. The van der Waals surface area contributed by atoms with Crippen LogP contribution in [0.1, 0.15) is 44.4 Å². The van der Waals surface area contributed by atoms with E-state index in [9.17, 15) is 20.2 Å². The second-order valence-electron chi connectivity index (χ2n) is 7.37. The Kier molecular flexibility index (Phi) is 4.92. The van der Waals surface area contributed by atoms with Gasteiger partial charge in [-0.25, -0.2) is 0 Å². The van der Waals surface area contributed by atoms with Gasteiger partial charge in [0.1, 0.15) is 0 Å². The average molecular weight is 342 g/mol. The van der Waals surface area contributed by atoms with Crippen molar-refractivity contribution in [1.29, 1.82) is 0 Å². The molecule has 25 heavy (non-hydrogen) atoms. The van der Waals surface area contributed by atoms with Crippen molar-refractivity contribution in [2.45, 2.75) is 45.1 Å². The zero-order chi connectivity index (χ0) is 18.8. The van der Waals surface area contributed by atoms with Gasteiger partial charge >= 0.3 is 0 Å². The topological polar surface area (TPSA) is 86.3 Å². The first-order chi connectivity index (χ1) is 11.5. The number of non-ortho nitro benzene ring substituents is 1. The molecule has 0 radical (unpaired) electrons. The van der Waals surface area contributed by atoms with Crippen LogP contribution in [0, 0.1) is 20.2 Å². The van der Waals surface area contributed by atoms with E-state index in [4.69, 9.17) is 0 Å². The van der Waals surface area contributed by atoms with E-state index in [1.807, 2.05) is 38.1 Å². The second kappa shape index (κ2) is 6.63. The number of benzene rings is 2. The molecule has 0 aliphatic heterocycles. The summed E-state index contributed by atoms with van der Waals surface area (Å²) in [6.45, 7) is 7.32. The van der Waals surface area contributed by atoms with Crippen LogP contribution in [0.3, 0.4) is 0 Å². The van der Waals surface area contributed by atoms with E-state index in [-0.39, 0.29) is 16.0 Å². The summed E-state index contributed by atoms with van der Waals surface area (Å²) >= 11 is 0. The Morgan fingerprint density at radius 3 is 1.64 bits per heavy atom. The molecule has 0 aromatic heterocycles. The zero-order valence-corrected chi connectivity index (χ0v) is 14.9. The van der Waals surface area contributed by atoms with Crippen LogP contribution in [-0.2, 0) is 11.8 Å². The summed E-state index contributed by atoms with van der Waals surface area (Å²) < 4.78 is 0. The first-order valence-electron chi connectivity index (χ1n) is 8.03. The van der Waals surface area contributed by atoms with Crippen LogP contribution in [0.4, 0.5) is 5.69 Å². The third kappa shape index (κ3) is 4.02. The highest BCUT2D eigenvalue weighted by Crippen LogP contribution is 2.32. The molecule has 2 rings (SSSR count). The fraction of sp³-hybridized carbons (Fsp3) is 0.368. The van der Waals surface area contributed by atoms with Crippen molar-refractivity contribution in [3.05, 3.63) is 85.4 Å². The minimum absolute atomic E-state index is 0.0666. The molecule has 6 nitrogen and oxygen atoms in total. The summed E-state index contributed by atoms with van der Waals surface area (Å²) in [6, 6.07) is 14.3. The van der Waals surface area contributed by atoms with Gasteiger partial charge in [0.05, 0.1) is 4.92 Å². The molecule has 132 valence electrons. The molecule has 0 fully saturated rings. The Bertz CT molecular complexity index is 778. The highest BCUT2D eigenvalue weighted by atomic mass is 16.6. The number of rotatable bonds is 6. The van der Waals surface area contributed by atoms with Crippen LogP contribution in [0.2, 0.25) is 0 Å². The quantitative estimate of drug-likeness (QED) is 0.570. The van der Waals surface area contributed by atoms with Crippen LogP contribution < -0.4 is 0 Å². The third-order valence-corrected chi connectivity index (χ3v) is 4.61. The molecule has 0 aliphatic carbocycles. The predicted octanol–water partition coefficient (Wildman–Crippen LogP) is 4.52. The first-order valence-corrected chi connectivity index (χ1v) is 8.03. The Balaban J connectivity index is 2.25. The van der Waals surface area contributed by atoms with Crippen molar-refractivity contribution in [3.63, 3.8) is 0 Å². The Morgan fingerprint density at radius 1 is 0.800 bits per heavy atom. The normalized spacial score (nSPS) is 12.0. The van der Waals surface area contributed by atoms with Crippen LogP contribution in [0.15, 0.2) is 48.5 Å². The Morgan fingerprint density at radius 2 is 1.24 bits per heavy atom. The van der Waals surface area contributed by atoms with Gasteiger partial charge in [-0.15, -0.1) is 0 Å². The van der Waals surface area contributed by atoms with E-state index < -0.39 is 10.5 Å². The summed E-state index contributed by atoms with van der Waals surface area (Å²) in [5, 5.41) is 21.9. The number of nitro benzene ring substituents is 1. The van der Waals surface area contributed by atoms with Gasteiger partial charge in [-0.1, -0.05) is 50.2 Å². The molecule has 0 unspecified atom stereocenters. The van der Waals surface area contributed by atoms with Gasteiger partial charge in [0, 0.05) is 42.7 Å². The molecular formula is C19H22N2O4. The van der Waals surface area contributed by atoms with Gasteiger partial charge < -0.3 is 0 Å². The fourth-order valence-electron chi connectivity index (χ4n) is 2.77. The molecule has 0 spiro atoms. The molecule has 0 aliphatic rings. The fourth-order valence-corrected chi connectivity index (χ4v) is 2.77. The zero-order valence-electron chi connectivity index (χ0n) is 14.9. The van der Waals surface area contributed by atoms with Crippen molar-refractivity contribution in [2.24, 2.45) is 0 Å². The van der Waals surface area contributed by atoms with Gasteiger partial charge in [-0.05, 0) is 16.7 Å². The maximum Gasteiger partial charge on any atom is 0.269 e. The van der Waals surface area contributed by atoms with Crippen molar-refractivity contribution in [3.8, 4) is 0 Å². The van der Waals surface area contributed by atoms with E-state index in [2.05, 4.69) is 0 Å². The lowest BCUT2D eigenvalue weighted by Gasteiger charge is -2.26. The van der Waals surface area contributed by atoms with Gasteiger partial charge in [-0.2, -0.15) is 0 Å². The van der Waals surface area contributed by atoms with Crippen molar-refractivity contribution >= 4 is 5.69 Å². The number of hydrogen-bond acceptors (Lipinski definition) is 4. The number of hydrogen-bond donors (Lipinski definition) is 0. The van der Waals surface area contributed by atoms with Crippen molar-refractivity contribution < 1.29 is 9.85 Å². The van der Waals surface area contributed by atoms with E-state index in [0.717, 1.165) is 16.7 Å². The molecule has 2 aromatic carbocycles. The largest absolute Gasteiger partial charge is 0.269 e. The molecule has 6 heteroatoms. The maximum absolute atomic E-state index is 11.1.